The van der Waals surface area contributed by atoms with Crippen LogP contribution in [0.25, 0.3) is 0 Å². The highest BCUT2D eigenvalue weighted by Gasteiger charge is 2.41. The zero-order valence-electron chi connectivity index (χ0n) is 14.6. The Morgan fingerprint density at radius 2 is 1.54 bits per heavy atom. The topological polar surface area (TPSA) is 58.0 Å². The van der Waals surface area contributed by atoms with E-state index in [0.717, 1.165) is 49.2 Å². The highest BCUT2D eigenvalue weighted by atomic mass is 15.3. The summed E-state index contributed by atoms with van der Waals surface area (Å²) in [6.07, 6.45) is 5.50. The van der Waals surface area contributed by atoms with Crippen molar-refractivity contribution in [3.8, 4) is 0 Å². The minimum atomic E-state index is 0.433. The third-order valence-corrected chi connectivity index (χ3v) is 5.13. The first-order valence-electron chi connectivity index (χ1n) is 8.70. The van der Waals surface area contributed by atoms with Gasteiger partial charge in [-0.15, -0.1) is 0 Å². The lowest BCUT2D eigenvalue weighted by molar-refractivity contribution is 0.533. The minimum Gasteiger partial charge on any atom is -0.356 e. The van der Waals surface area contributed by atoms with Gasteiger partial charge in [-0.05, 0) is 18.4 Å². The summed E-state index contributed by atoms with van der Waals surface area (Å²) in [4.78, 5) is 22.6. The molecule has 2 aliphatic heterocycles. The first-order chi connectivity index (χ1) is 11.6. The molecule has 0 saturated carbocycles. The average Bonchev–Trinajstić information content (AvgIpc) is 3.14. The molecule has 2 aromatic heterocycles. The second-order valence-corrected chi connectivity index (χ2v) is 7.35. The van der Waals surface area contributed by atoms with Gasteiger partial charge in [0, 0.05) is 62.2 Å². The van der Waals surface area contributed by atoms with Crippen LogP contribution in [0.1, 0.15) is 31.0 Å². The smallest absolute Gasteiger partial charge is 0.225 e. The van der Waals surface area contributed by atoms with E-state index >= 15 is 0 Å². The van der Waals surface area contributed by atoms with Crippen molar-refractivity contribution in [3.05, 3.63) is 36.0 Å². The summed E-state index contributed by atoms with van der Waals surface area (Å²) in [6, 6.07) is 2.15. The molecule has 2 unspecified atom stereocenters. The Bertz CT molecular complexity index is 700. The van der Waals surface area contributed by atoms with E-state index in [1.165, 1.54) is 0 Å². The van der Waals surface area contributed by atoms with Crippen molar-refractivity contribution in [1.29, 1.82) is 0 Å². The van der Waals surface area contributed by atoms with Crippen LogP contribution in [0.2, 0.25) is 0 Å². The number of aromatic nitrogens is 4. The van der Waals surface area contributed by atoms with E-state index in [2.05, 4.69) is 49.6 Å². The molecule has 0 spiro atoms. The highest BCUT2D eigenvalue weighted by molar-refractivity contribution is 5.43. The maximum absolute atomic E-state index is 4.49. The van der Waals surface area contributed by atoms with Crippen LogP contribution >= 0.6 is 0 Å². The lowest BCUT2D eigenvalue weighted by atomic mass is 10.0. The zero-order chi connectivity index (χ0) is 16.7. The van der Waals surface area contributed by atoms with Gasteiger partial charge < -0.3 is 9.80 Å². The fraction of sp³-hybridized carbons (Fsp3) is 0.556. The first kappa shape index (κ1) is 15.3. The van der Waals surface area contributed by atoms with E-state index in [1.807, 2.05) is 19.3 Å². The monoisotopic (exact) mass is 324 g/mol. The lowest BCUT2D eigenvalue weighted by Gasteiger charge is -2.22. The molecule has 0 radical (unpaired) electrons. The van der Waals surface area contributed by atoms with Crippen LogP contribution in [0.4, 0.5) is 11.8 Å². The van der Waals surface area contributed by atoms with Crippen molar-refractivity contribution >= 4 is 11.8 Å². The SMILES string of the molecule is Cc1cnc(N2CC3CN(c4cc(C(C)C)ncn4)CC3C2)nc1. The molecular weight excluding hydrogens is 300 g/mol. The molecule has 2 aliphatic rings. The van der Waals surface area contributed by atoms with E-state index in [-0.39, 0.29) is 0 Å². The van der Waals surface area contributed by atoms with Crippen LogP contribution < -0.4 is 9.80 Å². The number of aryl methyl sites for hydroxylation is 1. The summed E-state index contributed by atoms with van der Waals surface area (Å²) < 4.78 is 0. The number of rotatable bonds is 3. The third-order valence-electron chi connectivity index (χ3n) is 5.13. The summed E-state index contributed by atoms with van der Waals surface area (Å²) in [7, 11) is 0. The van der Waals surface area contributed by atoms with Gasteiger partial charge in [0.2, 0.25) is 5.95 Å². The summed E-state index contributed by atoms with van der Waals surface area (Å²) in [6.45, 7) is 10.5. The van der Waals surface area contributed by atoms with Crippen molar-refractivity contribution in [2.45, 2.75) is 26.7 Å². The molecule has 6 heteroatoms. The van der Waals surface area contributed by atoms with Crippen molar-refractivity contribution < 1.29 is 0 Å². The maximum Gasteiger partial charge on any atom is 0.225 e. The van der Waals surface area contributed by atoms with Gasteiger partial charge in [0.15, 0.2) is 0 Å². The second kappa shape index (κ2) is 6.00. The second-order valence-electron chi connectivity index (χ2n) is 7.35. The predicted molar refractivity (Wildman–Crippen MR) is 94.3 cm³/mol. The van der Waals surface area contributed by atoms with Gasteiger partial charge in [-0.3, -0.25) is 0 Å². The Labute approximate surface area is 143 Å². The normalized spacial score (nSPS) is 23.2. The number of hydrogen-bond donors (Lipinski definition) is 0. The molecule has 2 saturated heterocycles. The van der Waals surface area contributed by atoms with Gasteiger partial charge in [0.05, 0.1) is 0 Å². The molecule has 0 amide bonds. The van der Waals surface area contributed by atoms with Gasteiger partial charge >= 0.3 is 0 Å². The predicted octanol–water partition coefficient (Wildman–Crippen LogP) is 2.27. The molecule has 4 heterocycles. The van der Waals surface area contributed by atoms with Gasteiger partial charge in [-0.1, -0.05) is 13.8 Å². The fourth-order valence-corrected chi connectivity index (χ4v) is 3.74. The van der Waals surface area contributed by atoms with Crippen molar-refractivity contribution in [2.24, 2.45) is 11.8 Å². The van der Waals surface area contributed by atoms with Crippen LogP contribution in [0.15, 0.2) is 24.8 Å². The van der Waals surface area contributed by atoms with Crippen LogP contribution in [-0.4, -0.2) is 46.1 Å². The average molecular weight is 324 g/mol. The zero-order valence-corrected chi connectivity index (χ0v) is 14.6. The van der Waals surface area contributed by atoms with Crippen LogP contribution in [0.5, 0.6) is 0 Å². The molecule has 126 valence electrons. The molecular formula is C18H24N6. The number of hydrogen-bond acceptors (Lipinski definition) is 6. The Morgan fingerprint density at radius 1 is 0.917 bits per heavy atom. The molecule has 0 bridgehead atoms. The van der Waals surface area contributed by atoms with Gasteiger partial charge in [-0.25, -0.2) is 19.9 Å². The van der Waals surface area contributed by atoms with E-state index in [4.69, 9.17) is 0 Å². The number of fused-ring (bicyclic) bond motifs is 1. The summed E-state index contributed by atoms with van der Waals surface area (Å²) in [5, 5.41) is 0. The van der Waals surface area contributed by atoms with Crippen molar-refractivity contribution in [1.82, 2.24) is 19.9 Å². The molecule has 24 heavy (non-hydrogen) atoms. The van der Waals surface area contributed by atoms with Gasteiger partial charge in [0.1, 0.15) is 12.1 Å². The van der Waals surface area contributed by atoms with Crippen LogP contribution in [-0.2, 0) is 0 Å². The van der Waals surface area contributed by atoms with Crippen LogP contribution in [0.3, 0.4) is 0 Å². The summed E-state index contributed by atoms with van der Waals surface area (Å²) in [5.41, 5.74) is 2.22. The fourth-order valence-electron chi connectivity index (χ4n) is 3.74. The number of nitrogens with zero attached hydrogens (tertiary/aromatic N) is 6. The molecule has 2 aromatic rings. The Morgan fingerprint density at radius 3 is 2.17 bits per heavy atom. The Kier molecular flexibility index (Phi) is 3.82. The highest BCUT2D eigenvalue weighted by Crippen LogP contribution is 2.34. The van der Waals surface area contributed by atoms with E-state index in [1.54, 1.807) is 6.33 Å². The molecule has 0 N–H and O–H groups in total. The van der Waals surface area contributed by atoms with Crippen molar-refractivity contribution in [3.63, 3.8) is 0 Å². The molecule has 2 fully saturated rings. The van der Waals surface area contributed by atoms with Gasteiger partial charge in [-0.2, -0.15) is 0 Å². The molecule has 0 aromatic carbocycles. The standard InChI is InChI=1S/C18H24N6/c1-12(2)16-4-17(22-11-21-16)23-7-14-9-24(10-15(14)8-23)18-19-5-13(3)6-20-18/h4-6,11-12,14-15H,7-10H2,1-3H3. The van der Waals surface area contributed by atoms with E-state index in [0.29, 0.717) is 17.8 Å². The third kappa shape index (κ3) is 2.81. The van der Waals surface area contributed by atoms with E-state index in [9.17, 15) is 0 Å². The van der Waals surface area contributed by atoms with Crippen LogP contribution in [0, 0.1) is 18.8 Å². The summed E-state index contributed by atoms with van der Waals surface area (Å²) in [5.74, 6) is 3.69. The molecule has 2 atom stereocenters. The van der Waals surface area contributed by atoms with Crippen molar-refractivity contribution in [2.75, 3.05) is 36.0 Å². The Balaban J connectivity index is 1.44. The quantitative estimate of drug-likeness (QED) is 0.863. The summed E-state index contributed by atoms with van der Waals surface area (Å²) >= 11 is 0. The lowest BCUT2D eigenvalue weighted by Crippen LogP contribution is -2.30. The minimum absolute atomic E-state index is 0.433. The largest absolute Gasteiger partial charge is 0.356 e. The number of anilines is 2. The maximum atomic E-state index is 4.49. The van der Waals surface area contributed by atoms with E-state index < -0.39 is 0 Å². The van der Waals surface area contributed by atoms with Gasteiger partial charge in [0.25, 0.3) is 0 Å². The molecule has 0 aliphatic carbocycles. The molecule has 4 rings (SSSR count). The Hall–Kier alpha value is -2.24. The first-order valence-corrected chi connectivity index (χ1v) is 8.70. The molecule has 6 nitrogen and oxygen atoms in total.